The number of nitrogens with zero attached hydrogens (tertiary/aromatic N) is 1. The zero-order valence-electron chi connectivity index (χ0n) is 15.1. The van der Waals surface area contributed by atoms with Crippen LogP contribution in [0.15, 0.2) is 24.3 Å². The van der Waals surface area contributed by atoms with E-state index in [1.807, 2.05) is 29.2 Å². The molecule has 4 N–H and O–H groups in total. The molecule has 0 aromatic heterocycles. The third-order valence-electron chi connectivity index (χ3n) is 5.70. The van der Waals surface area contributed by atoms with Gasteiger partial charge in [0.25, 0.3) is 0 Å². The van der Waals surface area contributed by atoms with Gasteiger partial charge in [-0.25, -0.2) is 0 Å². The average molecular weight is 413 g/mol. The van der Waals surface area contributed by atoms with Gasteiger partial charge in [0.05, 0.1) is 5.92 Å². The van der Waals surface area contributed by atoms with E-state index < -0.39 is 18.1 Å². The summed E-state index contributed by atoms with van der Waals surface area (Å²) in [5.74, 6) is -1.47. The highest BCUT2D eigenvalue weighted by atomic mass is 32.1. The van der Waals surface area contributed by atoms with Crippen LogP contribution in [-0.2, 0) is 11.3 Å². The number of hydrogen-bond donors (Lipinski definition) is 4. The smallest absolute Gasteiger partial charge is 0.327 e. The minimum absolute atomic E-state index is 0.0214. The van der Waals surface area contributed by atoms with E-state index >= 15 is 0 Å². The van der Waals surface area contributed by atoms with Gasteiger partial charge in [-0.1, -0.05) is 24.3 Å². The molecule has 0 saturated carbocycles. The highest BCUT2D eigenvalue weighted by molar-refractivity contribution is 7.80. The van der Waals surface area contributed by atoms with Crippen LogP contribution in [0.4, 0.5) is 13.2 Å². The minimum atomic E-state index is -4.18. The van der Waals surface area contributed by atoms with Gasteiger partial charge in [0.1, 0.15) is 12.2 Å². The Bertz CT molecular complexity index is 774. The molecule has 2 unspecified atom stereocenters. The number of alkyl halides is 3. The van der Waals surface area contributed by atoms with Gasteiger partial charge in [0.15, 0.2) is 5.11 Å². The number of carbonyl (C=O) groups is 1. The Hall–Kier alpha value is -1.75. The quantitative estimate of drug-likeness (QED) is 0.561. The molecule has 4 atom stereocenters. The highest BCUT2D eigenvalue weighted by Crippen LogP contribution is 2.39. The van der Waals surface area contributed by atoms with Crippen LogP contribution in [0.3, 0.4) is 0 Å². The molecular weight excluding hydrogens is 391 g/mol. The van der Waals surface area contributed by atoms with Crippen molar-refractivity contribution in [3.63, 3.8) is 0 Å². The van der Waals surface area contributed by atoms with Crippen molar-refractivity contribution in [1.29, 1.82) is 0 Å². The monoisotopic (exact) mass is 413 g/mol. The fourth-order valence-corrected chi connectivity index (χ4v) is 4.51. The van der Waals surface area contributed by atoms with Crippen LogP contribution in [0, 0.1) is 5.92 Å². The van der Waals surface area contributed by atoms with E-state index in [9.17, 15) is 18.0 Å². The van der Waals surface area contributed by atoms with Crippen molar-refractivity contribution in [1.82, 2.24) is 26.2 Å². The third kappa shape index (κ3) is 3.73. The SMILES string of the molecule is O=C1NC(=S)N(Cc2ccccc2[C@H]2C[C@H](C(F)(F)F)CCN2)C2NCNC12. The van der Waals surface area contributed by atoms with Crippen molar-refractivity contribution in [3.05, 3.63) is 35.4 Å². The van der Waals surface area contributed by atoms with Crippen molar-refractivity contribution in [2.75, 3.05) is 13.2 Å². The summed E-state index contributed by atoms with van der Waals surface area (Å²) in [6.07, 6.45) is -4.34. The van der Waals surface area contributed by atoms with Crippen LogP contribution < -0.4 is 21.3 Å². The van der Waals surface area contributed by atoms with Crippen molar-refractivity contribution in [2.24, 2.45) is 5.92 Å². The maximum atomic E-state index is 13.2. The van der Waals surface area contributed by atoms with Crippen molar-refractivity contribution >= 4 is 23.2 Å². The summed E-state index contributed by atoms with van der Waals surface area (Å²) in [6.45, 7) is 1.22. The number of nitrogens with one attached hydrogen (secondary N) is 4. The van der Waals surface area contributed by atoms with E-state index in [0.29, 0.717) is 24.9 Å². The first-order valence-corrected chi connectivity index (χ1v) is 9.71. The molecule has 0 spiro atoms. The molecule has 0 aliphatic carbocycles. The standard InChI is InChI=1S/C18H22F3N5OS/c19-18(20,21)11-5-6-22-13(7-11)12-4-2-1-3-10(12)8-26-15-14(23-9-24-15)16(27)25-17(26)28/h1-4,11,13-15,22-24H,5-9H2,(H,25,27,28)/t11-,13-,14?,15?/m1/s1. The van der Waals surface area contributed by atoms with Gasteiger partial charge in [-0.15, -0.1) is 0 Å². The van der Waals surface area contributed by atoms with Gasteiger partial charge in [-0.2, -0.15) is 13.2 Å². The fourth-order valence-electron chi connectivity index (χ4n) is 4.23. The highest BCUT2D eigenvalue weighted by Gasteiger charge is 2.44. The Balaban J connectivity index is 1.56. The first-order valence-electron chi connectivity index (χ1n) is 9.30. The molecule has 4 rings (SSSR count). The number of rotatable bonds is 3. The second-order valence-electron chi connectivity index (χ2n) is 7.40. The molecule has 1 aromatic carbocycles. The number of hydrogen-bond acceptors (Lipinski definition) is 5. The number of fused-ring (bicyclic) bond motifs is 1. The number of thiocarbonyl (C=S) groups is 1. The number of carbonyl (C=O) groups excluding carboxylic acids is 1. The fraction of sp³-hybridized carbons (Fsp3) is 0.556. The molecule has 3 saturated heterocycles. The molecule has 0 bridgehead atoms. The first-order chi connectivity index (χ1) is 13.3. The van der Waals surface area contributed by atoms with Gasteiger partial charge < -0.3 is 15.5 Å². The lowest BCUT2D eigenvalue weighted by molar-refractivity contribution is -0.183. The van der Waals surface area contributed by atoms with Gasteiger partial charge >= 0.3 is 6.18 Å². The third-order valence-corrected chi connectivity index (χ3v) is 6.03. The number of amides is 1. The largest absolute Gasteiger partial charge is 0.391 e. The molecule has 0 radical (unpaired) electrons. The predicted molar refractivity (Wildman–Crippen MR) is 101 cm³/mol. The molecule has 1 amide bonds. The number of halogens is 3. The molecule has 10 heteroatoms. The lowest BCUT2D eigenvalue weighted by atomic mass is 9.86. The lowest BCUT2D eigenvalue weighted by Crippen LogP contribution is -2.65. The van der Waals surface area contributed by atoms with Gasteiger partial charge in [0, 0.05) is 19.3 Å². The molecule has 28 heavy (non-hydrogen) atoms. The second-order valence-corrected chi connectivity index (χ2v) is 7.78. The van der Waals surface area contributed by atoms with E-state index in [2.05, 4.69) is 21.3 Å². The van der Waals surface area contributed by atoms with E-state index in [1.54, 1.807) is 0 Å². The van der Waals surface area contributed by atoms with E-state index in [0.717, 1.165) is 11.1 Å². The number of benzene rings is 1. The summed E-state index contributed by atoms with van der Waals surface area (Å²) in [4.78, 5) is 14.0. The predicted octanol–water partition coefficient (Wildman–Crippen LogP) is 1.35. The molecule has 3 heterocycles. The zero-order valence-corrected chi connectivity index (χ0v) is 15.9. The Morgan fingerprint density at radius 1 is 1.18 bits per heavy atom. The molecule has 1 aromatic rings. The van der Waals surface area contributed by atoms with Crippen molar-refractivity contribution in [2.45, 2.75) is 43.8 Å². The Labute approximate surface area is 166 Å². The first kappa shape index (κ1) is 19.6. The van der Waals surface area contributed by atoms with Crippen LogP contribution in [0.25, 0.3) is 0 Å². The van der Waals surface area contributed by atoms with Crippen LogP contribution in [0.1, 0.15) is 30.0 Å². The van der Waals surface area contributed by atoms with Crippen LogP contribution >= 0.6 is 12.2 Å². The molecular formula is C18H22F3N5OS. The summed E-state index contributed by atoms with van der Waals surface area (Å²) in [7, 11) is 0. The van der Waals surface area contributed by atoms with E-state index in [4.69, 9.17) is 12.2 Å². The van der Waals surface area contributed by atoms with Crippen LogP contribution in [0.5, 0.6) is 0 Å². The molecule has 6 nitrogen and oxygen atoms in total. The van der Waals surface area contributed by atoms with Crippen LogP contribution in [0.2, 0.25) is 0 Å². The van der Waals surface area contributed by atoms with Crippen LogP contribution in [-0.4, -0.2) is 47.5 Å². The molecule has 3 fully saturated rings. The van der Waals surface area contributed by atoms with Gasteiger partial charge in [-0.05, 0) is 42.7 Å². The van der Waals surface area contributed by atoms with Gasteiger partial charge in [-0.3, -0.25) is 15.4 Å². The van der Waals surface area contributed by atoms with Crippen molar-refractivity contribution < 1.29 is 18.0 Å². The summed E-state index contributed by atoms with van der Waals surface area (Å²) < 4.78 is 39.7. The Morgan fingerprint density at radius 3 is 2.75 bits per heavy atom. The summed E-state index contributed by atoms with van der Waals surface area (Å²) >= 11 is 5.36. The van der Waals surface area contributed by atoms with Crippen molar-refractivity contribution in [3.8, 4) is 0 Å². The maximum absolute atomic E-state index is 13.2. The molecule has 3 aliphatic heterocycles. The minimum Gasteiger partial charge on any atom is -0.327 e. The number of piperidine rings is 1. The summed E-state index contributed by atoms with van der Waals surface area (Å²) in [5.41, 5.74) is 1.74. The summed E-state index contributed by atoms with van der Waals surface area (Å²) in [5, 5.41) is 12.6. The van der Waals surface area contributed by atoms with E-state index in [-0.39, 0.29) is 31.0 Å². The Kier molecular flexibility index (Phi) is 5.30. The van der Waals surface area contributed by atoms with E-state index in [1.165, 1.54) is 0 Å². The topological polar surface area (TPSA) is 68.4 Å². The lowest BCUT2D eigenvalue weighted by Gasteiger charge is -2.39. The molecule has 152 valence electrons. The Morgan fingerprint density at radius 2 is 1.96 bits per heavy atom. The maximum Gasteiger partial charge on any atom is 0.391 e. The van der Waals surface area contributed by atoms with Gasteiger partial charge in [0.2, 0.25) is 5.91 Å². The zero-order chi connectivity index (χ0) is 19.9. The second kappa shape index (κ2) is 7.58. The molecule has 3 aliphatic rings. The normalized spacial score (nSPS) is 30.9. The summed E-state index contributed by atoms with van der Waals surface area (Å²) in [6, 6.07) is 6.70. The average Bonchev–Trinajstić information content (AvgIpc) is 3.15.